The van der Waals surface area contributed by atoms with Gasteiger partial charge in [-0.25, -0.2) is 9.37 Å². The Morgan fingerprint density at radius 2 is 1.90 bits per heavy atom. The number of alkyl halides is 3. The van der Waals surface area contributed by atoms with E-state index in [4.69, 9.17) is 0 Å². The van der Waals surface area contributed by atoms with Crippen molar-refractivity contribution in [3.63, 3.8) is 0 Å². The van der Waals surface area contributed by atoms with E-state index in [1.165, 1.54) is 6.07 Å². The molecule has 0 aliphatic heterocycles. The molecule has 0 bridgehead atoms. The first-order chi connectivity index (χ1) is 9.84. The smallest absolute Gasteiger partial charge is 0.307 e. The van der Waals surface area contributed by atoms with Gasteiger partial charge < -0.3 is 4.98 Å². The number of aromatic amines is 1. The van der Waals surface area contributed by atoms with Crippen LogP contribution in [-0.2, 0) is 6.18 Å². The Bertz CT molecular complexity index is 747. The van der Waals surface area contributed by atoms with E-state index in [1.54, 1.807) is 0 Å². The molecule has 3 rings (SSSR count). The molecule has 1 heterocycles. The second-order valence-corrected chi connectivity index (χ2v) is 4.98. The average molecular weight is 298 g/mol. The second kappa shape index (κ2) is 4.68. The summed E-state index contributed by atoms with van der Waals surface area (Å²) in [4.78, 5) is 17.9. The van der Waals surface area contributed by atoms with Crippen molar-refractivity contribution in [3.05, 3.63) is 51.7 Å². The van der Waals surface area contributed by atoms with Crippen LogP contribution in [0.1, 0.15) is 30.0 Å². The van der Waals surface area contributed by atoms with Crippen LogP contribution >= 0.6 is 0 Å². The van der Waals surface area contributed by atoms with Crippen LogP contribution in [0.15, 0.2) is 29.1 Å². The van der Waals surface area contributed by atoms with Crippen molar-refractivity contribution in [2.75, 3.05) is 0 Å². The van der Waals surface area contributed by atoms with Crippen LogP contribution in [-0.4, -0.2) is 9.97 Å². The first-order valence-corrected chi connectivity index (χ1v) is 6.33. The van der Waals surface area contributed by atoms with E-state index in [9.17, 15) is 22.4 Å². The minimum Gasteiger partial charge on any atom is -0.307 e. The molecule has 0 spiro atoms. The Morgan fingerprint density at radius 3 is 2.52 bits per heavy atom. The van der Waals surface area contributed by atoms with Crippen LogP contribution in [0.3, 0.4) is 0 Å². The van der Waals surface area contributed by atoms with Crippen molar-refractivity contribution >= 4 is 0 Å². The summed E-state index contributed by atoms with van der Waals surface area (Å²) in [6.07, 6.45) is -2.95. The van der Waals surface area contributed by atoms with Gasteiger partial charge in [0.2, 0.25) is 0 Å². The molecular formula is C14H10F4N2O. The molecule has 110 valence electrons. The van der Waals surface area contributed by atoms with E-state index in [0.29, 0.717) is 11.8 Å². The van der Waals surface area contributed by atoms with E-state index < -0.39 is 28.7 Å². The van der Waals surface area contributed by atoms with E-state index >= 15 is 0 Å². The van der Waals surface area contributed by atoms with Gasteiger partial charge in [0.25, 0.3) is 5.56 Å². The highest BCUT2D eigenvalue weighted by Crippen LogP contribution is 2.40. The third-order valence-corrected chi connectivity index (χ3v) is 3.30. The predicted molar refractivity (Wildman–Crippen MR) is 67.2 cm³/mol. The summed E-state index contributed by atoms with van der Waals surface area (Å²) < 4.78 is 52.3. The van der Waals surface area contributed by atoms with Crippen molar-refractivity contribution in [1.29, 1.82) is 0 Å². The fourth-order valence-corrected chi connectivity index (χ4v) is 2.15. The van der Waals surface area contributed by atoms with Gasteiger partial charge in [-0.3, -0.25) is 4.79 Å². The Labute approximate surface area is 116 Å². The van der Waals surface area contributed by atoms with E-state index in [-0.39, 0.29) is 11.7 Å². The minimum atomic E-state index is -4.66. The maximum absolute atomic E-state index is 13.3. The highest BCUT2D eigenvalue weighted by atomic mass is 19.4. The maximum atomic E-state index is 13.3. The number of nitrogens with one attached hydrogen (secondary N) is 1. The molecule has 1 aliphatic rings. The van der Waals surface area contributed by atoms with E-state index in [1.807, 2.05) is 0 Å². The molecule has 0 radical (unpaired) electrons. The van der Waals surface area contributed by atoms with Crippen LogP contribution in [0.2, 0.25) is 0 Å². The summed E-state index contributed by atoms with van der Waals surface area (Å²) >= 11 is 0. The molecule has 1 fully saturated rings. The Morgan fingerprint density at radius 1 is 1.19 bits per heavy atom. The first kappa shape index (κ1) is 13.8. The molecule has 1 N–H and O–H groups in total. The zero-order chi connectivity index (χ0) is 15.2. The van der Waals surface area contributed by atoms with Crippen LogP contribution in [0.4, 0.5) is 17.6 Å². The lowest BCUT2D eigenvalue weighted by atomic mass is 10.1. The summed E-state index contributed by atoms with van der Waals surface area (Å²) in [5.74, 6) is -0.970. The Kier molecular flexibility index (Phi) is 3.07. The van der Waals surface area contributed by atoms with Gasteiger partial charge in [0.05, 0.1) is 11.3 Å². The van der Waals surface area contributed by atoms with Crippen molar-refractivity contribution in [1.82, 2.24) is 9.97 Å². The molecule has 0 saturated heterocycles. The van der Waals surface area contributed by atoms with Gasteiger partial charge in [-0.15, -0.1) is 0 Å². The van der Waals surface area contributed by atoms with Gasteiger partial charge in [0.15, 0.2) is 0 Å². The van der Waals surface area contributed by atoms with Gasteiger partial charge in [0.1, 0.15) is 11.6 Å². The number of benzene rings is 1. The summed E-state index contributed by atoms with van der Waals surface area (Å²) in [6.45, 7) is 0. The highest BCUT2D eigenvalue weighted by Gasteiger charge is 2.35. The van der Waals surface area contributed by atoms with E-state index in [0.717, 1.165) is 25.0 Å². The van der Waals surface area contributed by atoms with Gasteiger partial charge >= 0.3 is 6.18 Å². The van der Waals surface area contributed by atoms with Crippen LogP contribution < -0.4 is 5.56 Å². The first-order valence-electron chi connectivity index (χ1n) is 6.33. The average Bonchev–Trinajstić information content (AvgIpc) is 3.20. The monoisotopic (exact) mass is 298 g/mol. The second-order valence-electron chi connectivity index (χ2n) is 4.98. The van der Waals surface area contributed by atoms with Crippen LogP contribution in [0, 0.1) is 5.82 Å². The molecule has 1 aromatic carbocycles. The molecule has 1 aliphatic carbocycles. The summed E-state index contributed by atoms with van der Waals surface area (Å²) in [5, 5.41) is 0. The number of hydrogen-bond acceptors (Lipinski definition) is 2. The van der Waals surface area contributed by atoms with Gasteiger partial charge in [-0.05, 0) is 31.0 Å². The third kappa shape index (κ3) is 2.81. The molecule has 1 saturated carbocycles. The molecule has 0 amide bonds. The van der Waals surface area contributed by atoms with Crippen LogP contribution in [0.5, 0.6) is 0 Å². The van der Waals surface area contributed by atoms with Crippen molar-refractivity contribution in [2.45, 2.75) is 24.9 Å². The van der Waals surface area contributed by atoms with Crippen molar-refractivity contribution in [3.8, 4) is 11.4 Å². The number of nitrogens with zero attached hydrogens (tertiary/aromatic N) is 1. The molecule has 7 heteroatoms. The Balaban J connectivity index is 2.20. The largest absolute Gasteiger partial charge is 0.417 e. The number of rotatable bonds is 2. The Hall–Kier alpha value is -2.18. The van der Waals surface area contributed by atoms with Crippen molar-refractivity contribution in [2.24, 2.45) is 0 Å². The quantitative estimate of drug-likeness (QED) is 0.863. The van der Waals surface area contributed by atoms with Gasteiger partial charge in [-0.2, -0.15) is 13.2 Å². The predicted octanol–water partition coefficient (Wildman–Crippen LogP) is 3.47. The normalized spacial score (nSPS) is 15.2. The molecule has 0 atom stereocenters. The summed E-state index contributed by atoms with van der Waals surface area (Å²) in [5.41, 5.74) is -1.58. The van der Waals surface area contributed by atoms with Gasteiger partial charge in [-0.1, -0.05) is 0 Å². The minimum absolute atomic E-state index is 0.106. The molecule has 3 nitrogen and oxygen atoms in total. The number of hydrogen-bond donors (Lipinski definition) is 1. The topological polar surface area (TPSA) is 45.8 Å². The highest BCUT2D eigenvalue weighted by molar-refractivity contribution is 5.61. The van der Waals surface area contributed by atoms with Crippen molar-refractivity contribution < 1.29 is 17.6 Å². The molecular weight excluding hydrogens is 288 g/mol. The zero-order valence-electron chi connectivity index (χ0n) is 10.7. The number of H-pyrrole nitrogens is 1. The van der Waals surface area contributed by atoms with E-state index in [2.05, 4.69) is 9.97 Å². The summed E-state index contributed by atoms with van der Waals surface area (Å²) in [7, 11) is 0. The standard InChI is InChI=1S/C14H10F4N2O/c15-8-3-4-10(14(16,17)18)9(5-8)13-19-11(7-1-2-7)6-12(21)20-13/h3-7H,1-2H2,(H,19,20,21). The zero-order valence-corrected chi connectivity index (χ0v) is 10.7. The molecule has 1 aromatic heterocycles. The fourth-order valence-electron chi connectivity index (χ4n) is 2.15. The molecule has 21 heavy (non-hydrogen) atoms. The van der Waals surface area contributed by atoms with Gasteiger partial charge in [0, 0.05) is 17.5 Å². The lowest BCUT2D eigenvalue weighted by Crippen LogP contribution is -2.13. The number of halogens is 4. The van der Waals surface area contributed by atoms with Crippen LogP contribution in [0.25, 0.3) is 11.4 Å². The lowest BCUT2D eigenvalue weighted by molar-refractivity contribution is -0.137. The lowest BCUT2D eigenvalue weighted by Gasteiger charge is -2.12. The molecule has 2 aromatic rings. The number of aromatic nitrogens is 2. The summed E-state index contributed by atoms with van der Waals surface area (Å²) in [6, 6.07) is 3.38. The SMILES string of the molecule is O=c1cc(C2CC2)nc(-c2cc(F)ccc2C(F)(F)F)[nH]1. The maximum Gasteiger partial charge on any atom is 0.417 e. The molecule has 0 unspecified atom stereocenters. The fraction of sp³-hybridized carbons (Fsp3) is 0.286. The third-order valence-electron chi connectivity index (χ3n) is 3.30.